The van der Waals surface area contributed by atoms with Crippen molar-refractivity contribution >= 4 is 12.1 Å². The Bertz CT molecular complexity index is 1090. The highest BCUT2D eigenvalue weighted by molar-refractivity contribution is 5.64. The van der Waals surface area contributed by atoms with Gasteiger partial charge in [-0.15, -0.1) is 0 Å². The summed E-state index contributed by atoms with van der Waals surface area (Å²) in [7, 11) is 1.94. The molecule has 8 heteroatoms. The Kier molecular flexibility index (Phi) is 7.00. The van der Waals surface area contributed by atoms with Gasteiger partial charge >= 0.3 is 0 Å². The summed E-state index contributed by atoms with van der Waals surface area (Å²) < 4.78 is 13.9. The lowest BCUT2D eigenvalue weighted by Gasteiger charge is -2.38. The average Bonchev–Trinajstić information content (AvgIpc) is 3.21. The number of rotatable bonds is 8. The Morgan fingerprint density at radius 2 is 1.82 bits per heavy atom. The first-order valence-corrected chi connectivity index (χ1v) is 11.6. The van der Waals surface area contributed by atoms with Crippen LogP contribution in [0.15, 0.2) is 54.9 Å². The monoisotopic (exact) mass is 463 g/mol. The molecule has 0 unspecified atom stereocenters. The van der Waals surface area contributed by atoms with Gasteiger partial charge in [0.2, 0.25) is 12.1 Å². The molecule has 0 radical (unpaired) electrons. The number of hydrogen-bond acceptors (Lipinski definition) is 6. The van der Waals surface area contributed by atoms with E-state index in [-0.39, 0.29) is 0 Å². The van der Waals surface area contributed by atoms with Crippen molar-refractivity contribution in [2.24, 2.45) is 7.05 Å². The number of hydrogen-bond donors (Lipinski definition) is 1. The summed E-state index contributed by atoms with van der Waals surface area (Å²) in [5.41, 5.74) is 2.20. The lowest BCUT2D eigenvalue weighted by Crippen LogP contribution is -2.52. The Balaban J connectivity index is 1.70. The smallest absolute Gasteiger partial charge is 0.209 e. The van der Waals surface area contributed by atoms with Gasteiger partial charge in [-0.3, -0.25) is 9.78 Å². The van der Waals surface area contributed by atoms with Crippen LogP contribution in [-0.4, -0.2) is 52.8 Å². The number of ether oxygens (including phenoxy) is 2. The zero-order valence-corrected chi connectivity index (χ0v) is 20.3. The first kappa shape index (κ1) is 23.9. The van der Waals surface area contributed by atoms with E-state index < -0.39 is 11.3 Å². The molecule has 1 saturated heterocycles. The number of pyridine rings is 1. The van der Waals surface area contributed by atoms with Gasteiger partial charge in [0, 0.05) is 44.1 Å². The van der Waals surface area contributed by atoms with Crippen LogP contribution in [0.3, 0.4) is 0 Å². The first-order chi connectivity index (χ1) is 16.3. The number of carbonyl (C=O) groups is 1. The van der Waals surface area contributed by atoms with Crippen LogP contribution in [0.5, 0.6) is 0 Å². The maximum atomic E-state index is 11.8. The lowest BCUT2D eigenvalue weighted by atomic mass is 10.0. The van der Waals surface area contributed by atoms with Crippen molar-refractivity contribution in [3.63, 3.8) is 0 Å². The van der Waals surface area contributed by atoms with Crippen LogP contribution in [0.1, 0.15) is 32.3 Å². The lowest BCUT2D eigenvalue weighted by molar-refractivity contribution is -0.165. The Morgan fingerprint density at radius 3 is 2.44 bits per heavy atom. The van der Waals surface area contributed by atoms with Crippen LogP contribution in [0.25, 0.3) is 11.3 Å². The normalized spacial score (nSPS) is 16.2. The number of carbonyl (C=O) groups excluding carboxylic acids is 1. The molecule has 0 aliphatic carbocycles. The molecule has 1 amide bonds. The number of aromatic nitrogens is 3. The molecule has 1 N–H and O–H groups in total. The highest BCUT2D eigenvalue weighted by Gasteiger charge is 2.42. The molecule has 0 bridgehead atoms. The molecule has 0 saturated carbocycles. The van der Waals surface area contributed by atoms with Gasteiger partial charge in [-0.2, -0.15) is 0 Å². The van der Waals surface area contributed by atoms with E-state index in [0.29, 0.717) is 18.7 Å². The minimum Gasteiger partial charge on any atom is -0.378 e. The molecule has 1 aliphatic heterocycles. The quantitative estimate of drug-likeness (QED) is 0.408. The summed E-state index contributed by atoms with van der Waals surface area (Å²) in [6.45, 7) is 9.17. The van der Waals surface area contributed by atoms with Crippen molar-refractivity contribution in [1.82, 2.24) is 19.9 Å². The molecule has 180 valence electrons. The number of nitrogens with zero attached hydrogens (tertiary/aromatic N) is 4. The Morgan fingerprint density at radius 1 is 1.09 bits per heavy atom. The molecule has 4 rings (SSSR count). The molecule has 1 aromatic carbocycles. The number of morpholine rings is 1. The highest BCUT2D eigenvalue weighted by atomic mass is 16.5. The molecular formula is C26H33N5O3. The van der Waals surface area contributed by atoms with E-state index in [4.69, 9.17) is 14.5 Å². The van der Waals surface area contributed by atoms with Crippen LogP contribution in [0.4, 0.5) is 5.69 Å². The van der Waals surface area contributed by atoms with Gasteiger partial charge in [-0.25, -0.2) is 4.98 Å². The van der Waals surface area contributed by atoms with E-state index in [1.54, 1.807) is 6.20 Å². The number of benzene rings is 1. The zero-order valence-electron chi connectivity index (χ0n) is 20.3. The third-order valence-corrected chi connectivity index (χ3v) is 5.82. The van der Waals surface area contributed by atoms with E-state index in [1.807, 2.05) is 56.8 Å². The highest BCUT2D eigenvalue weighted by Crippen LogP contribution is 2.33. The fourth-order valence-electron chi connectivity index (χ4n) is 4.40. The second-order valence-corrected chi connectivity index (χ2v) is 9.47. The van der Waals surface area contributed by atoms with Crippen molar-refractivity contribution in [2.75, 3.05) is 31.2 Å². The number of anilines is 1. The van der Waals surface area contributed by atoms with Gasteiger partial charge in [-0.05, 0) is 50.6 Å². The van der Waals surface area contributed by atoms with Gasteiger partial charge in [-0.1, -0.05) is 18.2 Å². The maximum Gasteiger partial charge on any atom is 0.209 e. The first-order valence-electron chi connectivity index (χ1n) is 11.6. The van der Waals surface area contributed by atoms with Crippen LogP contribution < -0.4 is 10.2 Å². The molecule has 1 fully saturated rings. The summed E-state index contributed by atoms with van der Waals surface area (Å²) in [5, 5.41) is 2.93. The van der Waals surface area contributed by atoms with Crippen molar-refractivity contribution in [2.45, 2.75) is 38.5 Å². The average molecular weight is 464 g/mol. The molecular weight excluding hydrogens is 430 g/mol. The molecule has 1 atom stereocenters. The van der Waals surface area contributed by atoms with Gasteiger partial charge < -0.3 is 24.3 Å². The van der Waals surface area contributed by atoms with E-state index in [1.165, 1.54) is 5.69 Å². The Labute approximate surface area is 200 Å². The SMILES string of the molecule is Cn1c(-c2ccc(N3CCOCC3)cc2)cnc1[C@@](Cc1ccccn1)(NC=O)OC(C)(C)C. The van der Waals surface area contributed by atoms with Gasteiger partial charge in [0.15, 0.2) is 5.82 Å². The van der Waals surface area contributed by atoms with Crippen molar-refractivity contribution in [1.29, 1.82) is 0 Å². The van der Waals surface area contributed by atoms with E-state index in [9.17, 15) is 4.79 Å². The summed E-state index contributed by atoms with van der Waals surface area (Å²) in [6.07, 6.45) is 4.56. The van der Waals surface area contributed by atoms with Crippen molar-refractivity contribution in [3.05, 3.63) is 66.4 Å². The van der Waals surface area contributed by atoms with Crippen LogP contribution in [-0.2, 0) is 33.5 Å². The number of imidazole rings is 1. The molecule has 3 aromatic rings. The molecule has 0 spiro atoms. The number of amides is 1. The molecule has 1 aliphatic rings. The second-order valence-electron chi connectivity index (χ2n) is 9.47. The third kappa shape index (κ3) is 5.29. The van der Waals surface area contributed by atoms with Crippen LogP contribution in [0.2, 0.25) is 0 Å². The topological polar surface area (TPSA) is 81.5 Å². The van der Waals surface area contributed by atoms with Crippen molar-refractivity contribution < 1.29 is 14.3 Å². The fraction of sp³-hybridized carbons (Fsp3) is 0.423. The van der Waals surface area contributed by atoms with Crippen molar-refractivity contribution in [3.8, 4) is 11.3 Å². The molecule has 8 nitrogen and oxygen atoms in total. The fourth-order valence-corrected chi connectivity index (χ4v) is 4.40. The summed E-state index contributed by atoms with van der Waals surface area (Å²) in [4.78, 5) is 23.3. The summed E-state index contributed by atoms with van der Waals surface area (Å²) >= 11 is 0. The second kappa shape index (κ2) is 9.95. The third-order valence-electron chi connectivity index (χ3n) is 5.82. The molecule has 2 aromatic heterocycles. The summed E-state index contributed by atoms with van der Waals surface area (Å²) in [6, 6.07) is 14.2. The van der Waals surface area contributed by atoms with E-state index >= 15 is 0 Å². The zero-order chi connectivity index (χ0) is 24.2. The van der Waals surface area contributed by atoms with Crippen LogP contribution in [0, 0.1) is 0 Å². The van der Waals surface area contributed by atoms with Gasteiger partial charge in [0.1, 0.15) is 0 Å². The predicted octanol–water partition coefficient (Wildman–Crippen LogP) is 3.28. The van der Waals surface area contributed by atoms with Gasteiger partial charge in [0.25, 0.3) is 0 Å². The minimum absolute atomic E-state index is 0.337. The summed E-state index contributed by atoms with van der Waals surface area (Å²) in [5.74, 6) is 0.604. The van der Waals surface area contributed by atoms with Crippen LogP contribution >= 0.6 is 0 Å². The predicted molar refractivity (Wildman–Crippen MR) is 131 cm³/mol. The largest absolute Gasteiger partial charge is 0.378 e. The van der Waals surface area contributed by atoms with Gasteiger partial charge in [0.05, 0.1) is 30.7 Å². The Hall–Kier alpha value is -3.23. The minimum atomic E-state index is -1.19. The number of nitrogens with one attached hydrogen (secondary N) is 1. The van der Waals surface area contributed by atoms with E-state index in [0.717, 1.165) is 43.3 Å². The molecule has 3 heterocycles. The maximum absolute atomic E-state index is 11.8. The molecule has 34 heavy (non-hydrogen) atoms. The standard InChI is InChI=1S/C26H33N5O3/c1-25(2,3)34-26(29-19-32,17-21-7-5-6-12-27-21)24-28-18-23(30(24)4)20-8-10-22(11-9-20)31-13-15-33-16-14-31/h5-12,18-19H,13-17H2,1-4H3,(H,29,32)/t26-/m0/s1. The van der Waals surface area contributed by atoms with E-state index in [2.05, 4.69) is 39.5 Å².